The Morgan fingerprint density at radius 2 is 2.42 bits per heavy atom. The lowest BCUT2D eigenvalue weighted by atomic mass is 10.2. The molecule has 0 fully saturated rings. The summed E-state index contributed by atoms with van der Waals surface area (Å²) < 4.78 is 0. The van der Waals surface area contributed by atoms with E-state index in [9.17, 15) is 14.9 Å². The fourth-order valence-electron chi connectivity index (χ4n) is 1.42. The van der Waals surface area contributed by atoms with Crippen molar-refractivity contribution in [3.63, 3.8) is 0 Å². The molecule has 0 saturated heterocycles. The van der Waals surface area contributed by atoms with E-state index in [1.807, 2.05) is 13.0 Å². The van der Waals surface area contributed by atoms with E-state index in [1.165, 1.54) is 4.90 Å². The number of aromatic nitrogens is 1. The first-order valence-electron chi connectivity index (χ1n) is 5.87. The van der Waals surface area contributed by atoms with Crippen molar-refractivity contribution in [3.8, 4) is 6.07 Å². The molecule has 19 heavy (non-hydrogen) atoms. The minimum atomic E-state index is -0.542. The molecule has 0 atom stereocenters. The van der Waals surface area contributed by atoms with Crippen molar-refractivity contribution in [1.29, 1.82) is 5.26 Å². The Kier molecular flexibility index (Phi) is 5.89. The van der Waals surface area contributed by atoms with Crippen molar-refractivity contribution < 1.29 is 9.72 Å². The van der Waals surface area contributed by atoms with Gasteiger partial charge in [0.15, 0.2) is 5.13 Å². The number of hydrogen-bond acceptors (Lipinski definition) is 6. The van der Waals surface area contributed by atoms with Gasteiger partial charge in [0, 0.05) is 13.0 Å². The highest BCUT2D eigenvalue weighted by atomic mass is 32.1. The molecule has 0 N–H and O–H groups in total. The average molecular weight is 282 g/mol. The standard InChI is InChI=1S/C11H14N4O3S/c1-2-3-5-9(16)14(7-4-6-12)11-13-8-10(19-11)15(17)18/h8H,2-5,7H2,1H3. The molecule has 1 rings (SSSR count). The van der Waals surface area contributed by atoms with Crippen LogP contribution >= 0.6 is 11.3 Å². The summed E-state index contributed by atoms with van der Waals surface area (Å²) in [6.45, 7) is 2.19. The SMILES string of the molecule is CCCCC(=O)N(CCC#N)c1ncc([N+](=O)[O-])s1. The zero-order chi connectivity index (χ0) is 14.3. The molecule has 1 amide bonds. The second-order valence-corrected chi connectivity index (χ2v) is 4.78. The van der Waals surface area contributed by atoms with Crippen LogP contribution in [0.3, 0.4) is 0 Å². The molecule has 102 valence electrons. The van der Waals surface area contributed by atoms with Gasteiger partial charge in [0.25, 0.3) is 0 Å². The van der Waals surface area contributed by atoms with Gasteiger partial charge in [-0.25, -0.2) is 4.98 Å². The second kappa shape index (κ2) is 7.43. The first kappa shape index (κ1) is 15.0. The van der Waals surface area contributed by atoms with Crippen molar-refractivity contribution in [3.05, 3.63) is 16.3 Å². The third-order valence-corrected chi connectivity index (χ3v) is 3.36. The molecule has 0 aliphatic rings. The lowest BCUT2D eigenvalue weighted by molar-refractivity contribution is -0.380. The van der Waals surface area contributed by atoms with Gasteiger partial charge in [0.2, 0.25) is 5.91 Å². The van der Waals surface area contributed by atoms with Gasteiger partial charge in [0.1, 0.15) is 6.20 Å². The number of nitro groups is 1. The van der Waals surface area contributed by atoms with E-state index in [0.29, 0.717) is 6.42 Å². The first-order valence-corrected chi connectivity index (χ1v) is 6.69. The van der Waals surface area contributed by atoms with Crippen molar-refractivity contribution in [1.82, 2.24) is 4.98 Å². The Morgan fingerprint density at radius 1 is 1.68 bits per heavy atom. The molecule has 0 unspecified atom stereocenters. The smallest absolute Gasteiger partial charge is 0.287 e. The van der Waals surface area contributed by atoms with Crippen molar-refractivity contribution in [2.24, 2.45) is 0 Å². The summed E-state index contributed by atoms with van der Waals surface area (Å²) in [6, 6.07) is 1.96. The van der Waals surface area contributed by atoms with E-state index in [4.69, 9.17) is 5.26 Å². The molecule has 1 heterocycles. The summed E-state index contributed by atoms with van der Waals surface area (Å²) in [4.78, 5) is 27.3. The van der Waals surface area contributed by atoms with Gasteiger partial charge in [-0.1, -0.05) is 13.3 Å². The van der Waals surface area contributed by atoms with Gasteiger partial charge in [-0.3, -0.25) is 19.8 Å². The number of anilines is 1. The van der Waals surface area contributed by atoms with Crippen LogP contribution in [-0.2, 0) is 4.79 Å². The maximum atomic E-state index is 12.0. The van der Waals surface area contributed by atoms with Crippen LogP contribution in [-0.4, -0.2) is 22.4 Å². The molecule has 0 aliphatic carbocycles. The van der Waals surface area contributed by atoms with E-state index in [0.717, 1.165) is 30.4 Å². The summed E-state index contributed by atoms with van der Waals surface area (Å²) >= 11 is 0.847. The molecular weight excluding hydrogens is 268 g/mol. The predicted molar refractivity (Wildman–Crippen MR) is 70.9 cm³/mol. The molecule has 1 aromatic heterocycles. The number of nitrogens with zero attached hydrogens (tertiary/aromatic N) is 4. The highest BCUT2D eigenvalue weighted by Crippen LogP contribution is 2.28. The molecular formula is C11H14N4O3S. The minimum Gasteiger partial charge on any atom is -0.287 e. The fraction of sp³-hybridized carbons (Fsp3) is 0.545. The van der Waals surface area contributed by atoms with Gasteiger partial charge in [-0.2, -0.15) is 5.26 Å². The van der Waals surface area contributed by atoms with Gasteiger partial charge in [-0.15, -0.1) is 0 Å². The number of thiazole rings is 1. The largest absolute Gasteiger partial charge is 0.345 e. The number of rotatable bonds is 7. The van der Waals surface area contributed by atoms with Gasteiger partial charge in [-0.05, 0) is 17.8 Å². The summed E-state index contributed by atoms with van der Waals surface area (Å²) in [5.41, 5.74) is 0. The Bertz CT molecular complexity index is 494. The summed E-state index contributed by atoms with van der Waals surface area (Å²) in [7, 11) is 0. The monoisotopic (exact) mass is 282 g/mol. The number of hydrogen-bond donors (Lipinski definition) is 0. The maximum Gasteiger partial charge on any atom is 0.345 e. The molecule has 0 saturated carbocycles. The van der Waals surface area contributed by atoms with Gasteiger partial charge < -0.3 is 0 Å². The minimum absolute atomic E-state index is 0.111. The Morgan fingerprint density at radius 3 is 2.95 bits per heavy atom. The second-order valence-electron chi connectivity index (χ2n) is 3.80. The van der Waals surface area contributed by atoms with E-state index in [1.54, 1.807) is 0 Å². The molecule has 0 radical (unpaired) electrons. The molecule has 0 bridgehead atoms. The third-order valence-electron chi connectivity index (χ3n) is 2.38. The molecule has 0 aliphatic heterocycles. The lowest BCUT2D eigenvalue weighted by Crippen LogP contribution is -2.31. The van der Waals surface area contributed by atoms with Crippen LogP contribution in [0.25, 0.3) is 0 Å². The van der Waals surface area contributed by atoms with Crippen LogP contribution in [0.4, 0.5) is 10.1 Å². The van der Waals surface area contributed by atoms with Crippen LogP contribution in [0.15, 0.2) is 6.20 Å². The van der Waals surface area contributed by atoms with E-state index in [-0.39, 0.29) is 29.0 Å². The van der Waals surface area contributed by atoms with Crippen LogP contribution in [0, 0.1) is 21.4 Å². The topological polar surface area (TPSA) is 100 Å². The molecule has 0 spiro atoms. The number of carbonyl (C=O) groups excluding carboxylic acids is 1. The number of carbonyl (C=O) groups is 1. The van der Waals surface area contributed by atoms with Crippen molar-refractivity contribution >= 4 is 27.4 Å². The van der Waals surface area contributed by atoms with Crippen LogP contribution in [0.1, 0.15) is 32.6 Å². The molecule has 0 aromatic carbocycles. The zero-order valence-corrected chi connectivity index (χ0v) is 11.4. The first-order chi connectivity index (χ1) is 9.10. The number of unbranched alkanes of at least 4 members (excludes halogenated alkanes) is 1. The molecule has 8 heteroatoms. The summed E-state index contributed by atoms with van der Waals surface area (Å²) in [5.74, 6) is -0.152. The van der Waals surface area contributed by atoms with Crippen LogP contribution < -0.4 is 4.90 Å². The zero-order valence-electron chi connectivity index (χ0n) is 10.5. The summed E-state index contributed by atoms with van der Waals surface area (Å²) in [5, 5.41) is 19.4. The van der Waals surface area contributed by atoms with Gasteiger partial charge >= 0.3 is 5.00 Å². The maximum absolute atomic E-state index is 12.0. The van der Waals surface area contributed by atoms with E-state index < -0.39 is 4.92 Å². The van der Waals surface area contributed by atoms with Crippen LogP contribution in [0.5, 0.6) is 0 Å². The highest BCUT2D eigenvalue weighted by Gasteiger charge is 2.21. The average Bonchev–Trinajstić information content (AvgIpc) is 2.86. The Labute approximate surface area is 114 Å². The molecule has 1 aromatic rings. The third kappa shape index (κ3) is 4.30. The predicted octanol–water partition coefficient (Wildman–Crippen LogP) is 2.49. The van der Waals surface area contributed by atoms with E-state index >= 15 is 0 Å². The summed E-state index contributed by atoms with van der Waals surface area (Å²) in [6.07, 6.45) is 3.29. The van der Waals surface area contributed by atoms with Crippen molar-refractivity contribution in [2.45, 2.75) is 32.6 Å². The normalized spacial score (nSPS) is 9.89. The van der Waals surface area contributed by atoms with Gasteiger partial charge in [0.05, 0.1) is 17.4 Å². The lowest BCUT2D eigenvalue weighted by Gasteiger charge is -2.17. The Balaban J connectivity index is 2.85. The highest BCUT2D eigenvalue weighted by molar-refractivity contribution is 7.18. The number of amides is 1. The van der Waals surface area contributed by atoms with Crippen molar-refractivity contribution in [2.75, 3.05) is 11.4 Å². The Hall–Kier alpha value is -2.01. The number of nitriles is 1. The van der Waals surface area contributed by atoms with E-state index in [2.05, 4.69) is 4.98 Å². The van der Waals surface area contributed by atoms with Crippen LogP contribution in [0.2, 0.25) is 0 Å². The molecule has 7 nitrogen and oxygen atoms in total. The fourth-order valence-corrected chi connectivity index (χ4v) is 2.19. The quantitative estimate of drug-likeness (QED) is 0.565.